The monoisotopic (exact) mass is 514 g/mol. The van der Waals surface area contributed by atoms with Gasteiger partial charge < -0.3 is 19.0 Å². The average Bonchev–Trinajstić information content (AvgIpc) is 3.29. The van der Waals surface area contributed by atoms with Gasteiger partial charge >= 0.3 is 12.1 Å². The maximum absolute atomic E-state index is 12.9. The minimum Gasteiger partial charge on any atom is -0.493 e. The van der Waals surface area contributed by atoms with Crippen molar-refractivity contribution in [2.45, 2.75) is 39.8 Å². The second-order valence-corrected chi connectivity index (χ2v) is 8.96. The number of aliphatic carboxylic acids is 1. The van der Waals surface area contributed by atoms with E-state index in [0.29, 0.717) is 36.0 Å². The maximum atomic E-state index is 12.9. The molecule has 0 fully saturated rings. The number of aryl methyl sites for hydroxylation is 2. The molecule has 196 valence electrons. The summed E-state index contributed by atoms with van der Waals surface area (Å²) in [5.41, 5.74) is 3.46. The Morgan fingerprint density at radius 2 is 1.71 bits per heavy atom. The number of benzene rings is 3. The topological polar surface area (TPSA) is 102 Å². The van der Waals surface area contributed by atoms with Crippen molar-refractivity contribution in [2.75, 3.05) is 6.61 Å². The van der Waals surface area contributed by atoms with E-state index < -0.39 is 18.1 Å². The first kappa shape index (κ1) is 26.5. The Hall–Kier alpha value is -4.59. The molecule has 3 aromatic carbocycles. The van der Waals surface area contributed by atoms with Gasteiger partial charge in [0.05, 0.1) is 18.8 Å². The minimum absolute atomic E-state index is 0.0399. The molecule has 1 amide bonds. The van der Waals surface area contributed by atoms with Gasteiger partial charge in [0, 0.05) is 12.0 Å². The van der Waals surface area contributed by atoms with Gasteiger partial charge in [0.2, 0.25) is 5.89 Å². The molecule has 0 saturated carbocycles. The van der Waals surface area contributed by atoms with E-state index >= 15 is 0 Å². The Balaban J connectivity index is 1.40. The van der Waals surface area contributed by atoms with Crippen LogP contribution < -0.4 is 9.47 Å². The van der Waals surface area contributed by atoms with Crippen molar-refractivity contribution in [1.29, 1.82) is 0 Å². The number of amides is 1. The number of carbonyl (C=O) groups excluding carboxylic acids is 1. The van der Waals surface area contributed by atoms with Crippen LogP contribution in [0.2, 0.25) is 0 Å². The third kappa shape index (κ3) is 6.79. The Morgan fingerprint density at radius 1 is 0.974 bits per heavy atom. The van der Waals surface area contributed by atoms with E-state index in [9.17, 15) is 14.7 Å². The van der Waals surface area contributed by atoms with Crippen LogP contribution in [0.5, 0.6) is 11.5 Å². The highest BCUT2D eigenvalue weighted by Crippen LogP contribution is 2.23. The highest BCUT2D eigenvalue weighted by Gasteiger charge is 2.27. The zero-order chi connectivity index (χ0) is 27.1. The summed E-state index contributed by atoms with van der Waals surface area (Å²) >= 11 is 0. The molecular formula is C30H30N2O6. The summed E-state index contributed by atoms with van der Waals surface area (Å²) < 4.78 is 17.2. The van der Waals surface area contributed by atoms with Gasteiger partial charge in [-0.05, 0) is 62.7 Å². The van der Waals surface area contributed by atoms with Crippen molar-refractivity contribution in [2.24, 2.45) is 0 Å². The summed E-state index contributed by atoms with van der Waals surface area (Å²) in [6.07, 6.45) is -0.192. The first-order chi connectivity index (χ1) is 18.3. The lowest BCUT2D eigenvalue weighted by atomic mass is 10.1. The molecule has 0 saturated heterocycles. The summed E-state index contributed by atoms with van der Waals surface area (Å²) in [5, 5.41) is 9.57. The molecule has 0 bridgehead atoms. The van der Waals surface area contributed by atoms with Gasteiger partial charge in [0.15, 0.2) is 0 Å². The average molecular weight is 515 g/mol. The van der Waals surface area contributed by atoms with Crippen molar-refractivity contribution in [3.8, 4) is 23.0 Å². The molecule has 0 aliphatic heterocycles. The number of ether oxygens (including phenoxy) is 2. The Kier molecular flexibility index (Phi) is 8.43. The lowest BCUT2D eigenvalue weighted by molar-refractivity contribution is -0.142. The highest BCUT2D eigenvalue weighted by atomic mass is 16.6. The minimum atomic E-state index is -1.13. The second kappa shape index (κ2) is 12.1. The number of hydrogen-bond donors (Lipinski definition) is 1. The van der Waals surface area contributed by atoms with E-state index in [1.807, 2.05) is 68.4 Å². The largest absolute Gasteiger partial charge is 0.493 e. The molecule has 1 heterocycles. The van der Waals surface area contributed by atoms with Gasteiger partial charge in [-0.25, -0.2) is 14.6 Å². The first-order valence-corrected chi connectivity index (χ1v) is 12.3. The van der Waals surface area contributed by atoms with E-state index in [4.69, 9.17) is 13.9 Å². The normalized spacial score (nSPS) is 11.6. The molecule has 8 heteroatoms. The van der Waals surface area contributed by atoms with E-state index in [2.05, 4.69) is 4.98 Å². The highest BCUT2D eigenvalue weighted by molar-refractivity contribution is 5.80. The molecular weight excluding hydrogens is 484 g/mol. The number of rotatable bonds is 10. The number of aromatic nitrogens is 1. The fourth-order valence-corrected chi connectivity index (χ4v) is 3.82. The van der Waals surface area contributed by atoms with Gasteiger partial charge in [0.25, 0.3) is 0 Å². The van der Waals surface area contributed by atoms with Gasteiger partial charge in [-0.3, -0.25) is 4.90 Å². The van der Waals surface area contributed by atoms with Crippen LogP contribution in [0.1, 0.15) is 29.5 Å². The number of carbonyl (C=O) groups is 2. The summed E-state index contributed by atoms with van der Waals surface area (Å²) in [6.45, 7) is 5.66. The number of oxazole rings is 1. The van der Waals surface area contributed by atoms with Crippen LogP contribution in [-0.4, -0.2) is 39.7 Å². The van der Waals surface area contributed by atoms with Crippen LogP contribution in [0.25, 0.3) is 11.5 Å². The third-order valence-electron chi connectivity index (χ3n) is 6.06. The van der Waals surface area contributed by atoms with Gasteiger partial charge in [0.1, 0.15) is 23.3 Å². The molecule has 1 aromatic heterocycles. The van der Waals surface area contributed by atoms with Crippen LogP contribution in [0.4, 0.5) is 4.79 Å². The molecule has 0 aliphatic rings. The third-order valence-corrected chi connectivity index (χ3v) is 6.06. The lowest BCUT2D eigenvalue weighted by Crippen LogP contribution is -2.44. The van der Waals surface area contributed by atoms with Gasteiger partial charge in [-0.15, -0.1) is 0 Å². The molecule has 0 aliphatic carbocycles. The molecule has 1 N–H and O–H groups in total. The van der Waals surface area contributed by atoms with Crippen LogP contribution in [0.15, 0.2) is 83.3 Å². The summed E-state index contributed by atoms with van der Waals surface area (Å²) in [7, 11) is 0. The first-order valence-electron chi connectivity index (χ1n) is 12.3. The number of hydrogen-bond acceptors (Lipinski definition) is 6. The van der Waals surface area contributed by atoms with Crippen LogP contribution in [-0.2, 0) is 17.8 Å². The van der Waals surface area contributed by atoms with Crippen LogP contribution in [0.3, 0.4) is 0 Å². The molecule has 0 radical (unpaired) electrons. The maximum Gasteiger partial charge on any atom is 0.416 e. The number of nitrogens with zero attached hydrogens (tertiary/aromatic N) is 2. The second-order valence-electron chi connectivity index (χ2n) is 8.96. The van der Waals surface area contributed by atoms with Crippen LogP contribution in [0, 0.1) is 13.8 Å². The van der Waals surface area contributed by atoms with Crippen molar-refractivity contribution >= 4 is 12.1 Å². The fourth-order valence-electron chi connectivity index (χ4n) is 3.82. The number of carboxylic acids is 1. The Labute approximate surface area is 221 Å². The summed E-state index contributed by atoms with van der Waals surface area (Å²) in [6, 6.07) is 22.8. The van der Waals surface area contributed by atoms with E-state index in [1.54, 1.807) is 24.3 Å². The van der Waals surface area contributed by atoms with Crippen molar-refractivity contribution in [3.05, 3.63) is 101 Å². The molecule has 0 unspecified atom stereocenters. The zero-order valence-corrected chi connectivity index (χ0v) is 21.6. The molecule has 4 aromatic rings. The van der Waals surface area contributed by atoms with Gasteiger partial charge in [-0.2, -0.15) is 0 Å². The van der Waals surface area contributed by atoms with E-state index in [1.165, 1.54) is 11.8 Å². The molecule has 1 atom stereocenters. The lowest BCUT2D eigenvalue weighted by Gasteiger charge is -2.26. The van der Waals surface area contributed by atoms with Crippen molar-refractivity contribution < 1.29 is 28.6 Å². The van der Waals surface area contributed by atoms with Gasteiger partial charge in [-0.1, -0.05) is 48.0 Å². The molecule has 0 spiro atoms. The standard InChI is InChI=1S/C30H30N2O6/c1-20-12-14-25(15-13-20)38-30(35)32(21(2)29(33)34)19-23-8-7-11-26(18-23)36-17-16-27-22(3)37-28(31-27)24-9-5-4-6-10-24/h4-15,18,21H,16-17,19H2,1-3H3,(H,33,34)/t21-/m1/s1. The molecule has 38 heavy (non-hydrogen) atoms. The van der Waals surface area contributed by atoms with Crippen LogP contribution >= 0.6 is 0 Å². The molecule has 8 nitrogen and oxygen atoms in total. The van der Waals surface area contributed by atoms with E-state index in [0.717, 1.165) is 22.6 Å². The Bertz CT molecular complexity index is 1380. The SMILES string of the molecule is Cc1ccc(OC(=O)N(Cc2cccc(OCCc3nc(-c4ccccc4)oc3C)c2)[C@H](C)C(=O)O)cc1. The zero-order valence-electron chi connectivity index (χ0n) is 21.6. The predicted molar refractivity (Wildman–Crippen MR) is 142 cm³/mol. The Morgan fingerprint density at radius 3 is 2.42 bits per heavy atom. The quantitative estimate of drug-likeness (QED) is 0.275. The predicted octanol–water partition coefficient (Wildman–Crippen LogP) is 6.05. The van der Waals surface area contributed by atoms with E-state index in [-0.39, 0.29) is 6.54 Å². The number of carboxylic acid groups (broad SMARTS) is 1. The summed E-state index contributed by atoms with van der Waals surface area (Å²) in [4.78, 5) is 30.4. The molecule has 4 rings (SSSR count). The summed E-state index contributed by atoms with van der Waals surface area (Å²) in [5.74, 6) is 1.13. The smallest absolute Gasteiger partial charge is 0.416 e. The van der Waals surface area contributed by atoms with Crippen molar-refractivity contribution in [3.63, 3.8) is 0 Å². The fraction of sp³-hybridized carbons (Fsp3) is 0.233. The van der Waals surface area contributed by atoms with Crippen molar-refractivity contribution in [1.82, 2.24) is 9.88 Å².